The van der Waals surface area contributed by atoms with E-state index in [4.69, 9.17) is 10.5 Å². The van der Waals surface area contributed by atoms with E-state index in [0.717, 1.165) is 0 Å². The van der Waals surface area contributed by atoms with Crippen LogP contribution in [-0.2, 0) is 16.1 Å². The summed E-state index contributed by atoms with van der Waals surface area (Å²) in [5.41, 5.74) is 6.31. The first-order valence-corrected chi connectivity index (χ1v) is 5.86. The molecule has 1 aromatic rings. The van der Waals surface area contributed by atoms with Gasteiger partial charge in [0.05, 0.1) is 6.54 Å². The lowest BCUT2D eigenvalue weighted by Crippen LogP contribution is -2.33. The number of hydrogen-bond acceptors (Lipinski definition) is 3. The Labute approximate surface area is 112 Å². The van der Waals surface area contributed by atoms with Crippen molar-refractivity contribution in [2.45, 2.75) is 19.6 Å². The number of halogens is 1. The van der Waals surface area contributed by atoms with E-state index >= 15 is 0 Å². The van der Waals surface area contributed by atoms with Crippen molar-refractivity contribution in [3.63, 3.8) is 0 Å². The number of ether oxygens (including phenoxy) is 1. The number of carbonyl (C=O) groups is 1. The fourth-order valence-electron chi connectivity index (χ4n) is 1.37. The molecule has 0 saturated carbocycles. The Morgan fingerprint density at radius 1 is 1.58 bits per heavy atom. The molecule has 0 aliphatic carbocycles. The quantitative estimate of drug-likeness (QED) is 0.790. The molecular weight excluding hydrogens is 247 g/mol. The molecule has 1 atom stereocenters. The maximum absolute atomic E-state index is 13.6. The number of carbonyl (C=O) groups excluding carboxylic acids is 1. The predicted molar refractivity (Wildman–Crippen MR) is 70.7 cm³/mol. The molecule has 1 aromatic carbocycles. The Morgan fingerprint density at radius 3 is 2.95 bits per heavy atom. The molecule has 4 nitrogen and oxygen atoms in total. The number of rotatable bonds is 4. The lowest BCUT2D eigenvalue weighted by Gasteiger charge is -2.11. The number of nitrogens with two attached hydrogens (primary N) is 1. The van der Waals surface area contributed by atoms with Gasteiger partial charge in [-0.05, 0) is 25.1 Å². The third-order valence-corrected chi connectivity index (χ3v) is 2.56. The molecule has 0 aromatic heterocycles. The van der Waals surface area contributed by atoms with Crippen molar-refractivity contribution in [3.05, 3.63) is 35.1 Å². The van der Waals surface area contributed by atoms with E-state index in [2.05, 4.69) is 17.2 Å². The lowest BCUT2D eigenvalue weighted by molar-refractivity contribution is -0.130. The maximum Gasteiger partial charge on any atom is 0.249 e. The minimum absolute atomic E-state index is 0.0938. The van der Waals surface area contributed by atoms with Crippen LogP contribution in [0.4, 0.5) is 4.39 Å². The Morgan fingerprint density at radius 2 is 2.32 bits per heavy atom. The molecule has 102 valence electrons. The van der Waals surface area contributed by atoms with Crippen LogP contribution in [0.15, 0.2) is 18.2 Å². The molecule has 0 heterocycles. The average Bonchev–Trinajstić information content (AvgIpc) is 2.43. The van der Waals surface area contributed by atoms with E-state index in [1.807, 2.05) is 0 Å². The summed E-state index contributed by atoms with van der Waals surface area (Å²) >= 11 is 0. The number of hydrogen-bond donors (Lipinski definition) is 2. The molecule has 0 aliphatic heterocycles. The number of methoxy groups -OCH3 is 1. The fraction of sp³-hybridized carbons (Fsp3) is 0.357. The molecule has 0 saturated heterocycles. The summed E-state index contributed by atoms with van der Waals surface area (Å²) in [6.07, 6.45) is -0.566. The third-order valence-electron chi connectivity index (χ3n) is 2.56. The molecule has 0 spiro atoms. The van der Waals surface area contributed by atoms with E-state index in [-0.39, 0.29) is 24.8 Å². The molecule has 3 N–H and O–H groups in total. The molecular formula is C14H17FN2O2. The second kappa shape index (κ2) is 7.52. The van der Waals surface area contributed by atoms with Crippen LogP contribution in [0.25, 0.3) is 0 Å². The van der Waals surface area contributed by atoms with Crippen LogP contribution in [0, 0.1) is 17.7 Å². The molecule has 0 aliphatic rings. The summed E-state index contributed by atoms with van der Waals surface area (Å²) in [5.74, 6) is 4.83. The highest BCUT2D eigenvalue weighted by molar-refractivity contribution is 5.80. The van der Waals surface area contributed by atoms with E-state index in [1.54, 1.807) is 19.1 Å². The molecule has 1 rings (SSSR count). The summed E-state index contributed by atoms with van der Waals surface area (Å²) in [6.45, 7) is 1.96. The van der Waals surface area contributed by atoms with E-state index < -0.39 is 6.10 Å². The molecule has 19 heavy (non-hydrogen) atoms. The highest BCUT2D eigenvalue weighted by atomic mass is 19.1. The summed E-state index contributed by atoms with van der Waals surface area (Å²) in [6, 6.07) is 4.48. The van der Waals surface area contributed by atoms with Crippen molar-refractivity contribution in [2.75, 3.05) is 13.7 Å². The molecule has 0 bridgehead atoms. The van der Waals surface area contributed by atoms with Crippen LogP contribution in [0.1, 0.15) is 18.1 Å². The van der Waals surface area contributed by atoms with Crippen LogP contribution in [-0.4, -0.2) is 25.7 Å². The molecule has 0 radical (unpaired) electrons. The SMILES string of the molecule is COC(C)C(=O)NCc1cc(C#CCN)ccc1F. The summed E-state index contributed by atoms with van der Waals surface area (Å²) in [4.78, 5) is 11.5. The second-order valence-electron chi connectivity index (χ2n) is 3.91. The largest absolute Gasteiger partial charge is 0.372 e. The van der Waals surface area contributed by atoms with Crippen molar-refractivity contribution in [2.24, 2.45) is 5.73 Å². The van der Waals surface area contributed by atoms with Crippen molar-refractivity contribution < 1.29 is 13.9 Å². The van der Waals surface area contributed by atoms with Gasteiger partial charge in [-0.25, -0.2) is 4.39 Å². The summed E-state index contributed by atoms with van der Waals surface area (Å²) in [5, 5.41) is 2.60. The van der Waals surface area contributed by atoms with Gasteiger partial charge in [-0.2, -0.15) is 0 Å². The zero-order chi connectivity index (χ0) is 14.3. The van der Waals surface area contributed by atoms with Gasteiger partial charge in [0.2, 0.25) is 5.91 Å². The minimum Gasteiger partial charge on any atom is -0.372 e. The minimum atomic E-state index is -0.566. The Balaban J connectivity index is 2.74. The van der Waals surface area contributed by atoms with Gasteiger partial charge in [0.25, 0.3) is 0 Å². The topological polar surface area (TPSA) is 64.3 Å². The zero-order valence-corrected chi connectivity index (χ0v) is 11.0. The second-order valence-corrected chi connectivity index (χ2v) is 3.91. The number of amides is 1. The monoisotopic (exact) mass is 264 g/mol. The number of benzene rings is 1. The van der Waals surface area contributed by atoms with Gasteiger partial charge in [0, 0.05) is 24.8 Å². The Kier molecular flexibility index (Phi) is 6.00. The highest BCUT2D eigenvalue weighted by Gasteiger charge is 2.11. The molecule has 5 heteroatoms. The average molecular weight is 264 g/mol. The zero-order valence-electron chi connectivity index (χ0n) is 11.0. The van der Waals surface area contributed by atoms with Crippen molar-refractivity contribution in [3.8, 4) is 11.8 Å². The van der Waals surface area contributed by atoms with Gasteiger partial charge in [0.15, 0.2) is 0 Å². The van der Waals surface area contributed by atoms with Gasteiger partial charge >= 0.3 is 0 Å². The van der Waals surface area contributed by atoms with Gasteiger partial charge in [-0.3, -0.25) is 4.79 Å². The molecule has 0 fully saturated rings. The van der Waals surface area contributed by atoms with E-state index in [0.29, 0.717) is 11.1 Å². The van der Waals surface area contributed by atoms with Crippen LogP contribution < -0.4 is 11.1 Å². The van der Waals surface area contributed by atoms with Gasteiger partial charge in [0.1, 0.15) is 11.9 Å². The number of nitrogens with one attached hydrogen (secondary N) is 1. The first kappa shape index (κ1) is 15.2. The van der Waals surface area contributed by atoms with Gasteiger partial charge in [-0.1, -0.05) is 11.8 Å². The lowest BCUT2D eigenvalue weighted by atomic mass is 10.1. The third kappa shape index (κ3) is 4.70. The van der Waals surface area contributed by atoms with Crippen LogP contribution in [0.5, 0.6) is 0 Å². The van der Waals surface area contributed by atoms with Crippen LogP contribution >= 0.6 is 0 Å². The Hall–Kier alpha value is -1.90. The first-order chi connectivity index (χ1) is 9.08. The summed E-state index contributed by atoms with van der Waals surface area (Å²) < 4.78 is 18.4. The molecule has 1 unspecified atom stereocenters. The maximum atomic E-state index is 13.6. The highest BCUT2D eigenvalue weighted by Crippen LogP contribution is 2.10. The van der Waals surface area contributed by atoms with E-state index in [1.165, 1.54) is 13.2 Å². The van der Waals surface area contributed by atoms with Crippen LogP contribution in [0.2, 0.25) is 0 Å². The smallest absolute Gasteiger partial charge is 0.249 e. The predicted octanol–water partition coefficient (Wildman–Crippen LogP) is 0.787. The van der Waals surface area contributed by atoms with Crippen molar-refractivity contribution >= 4 is 5.91 Å². The fourth-order valence-corrected chi connectivity index (χ4v) is 1.37. The normalized spacial score (nSPS) is 11.4. The molecule has 1 amide bonds. The Bertz CT molecular complexity index is 506. The van der Waals surface area contributed by atoms with E-state index in [9.17, 15) is 9.18 Å². The van der Waals surface area contributed by atoms with Crippen LogP contribution in [0.3, 0.4) is 0 Å². The van der Waals surface area contributed by atoms with Crippen molar-refractivity contribution in [1.29, 1.82) is 0 Å². The van der Waals surface area contributed by atoms with Gasteiger partial charge < -0.3 is 15.8 Å². The summed E-state index contributed by atoms with van der Waals surface area (Å²) in [7, 11) is 1.44. The van der Waals surface area contributed by atoms with Crippen molar-refractivity contribution in [1.82, 2.24) is 5.32 Å². The standard InChI is InChI=1S/C14H17FN2O2/c1-10(19-2)14(18)17-9-12-8-11(4-3-7-16)5-6-13(12)15/h5-6,8,10H,7,9,16H2,1-2H3,(H,17,18). The first-order valence-electron chi connectivity index (χ1n) is 5.86. The van der Waals surface area contributed by atoms with Gasteiger partial charge in [-0.15, -0.1) is 0 Å².